The Hall–Kier alpha value is -0.810. The second kappa shape index (κ2) is 4.22. The van der Waals surface area contributed by atoms with Crippen LogP contribution in [0.4, 0.5) is 0 Å². The van der Waals surface area contributed by atoms with Crippen LogP contribution in [0.2, 0.25) is 0 Å². The van der Waals surface area contributed by atoms with Crippen LogP contribution >= 0.6 is 11.8 Å². The van der Waals surface area contributed by atoms with Gasteiger partial charge in [-0.25, -0.2) is 4.98 Å². The Morgan fingerprint density at radius 2 is 2.50 bits per heavy atom. The van der Waals surface area contributed by atoms with E-state index in [0.29, 0.717) is 12.2 Å². The fraction of sp³-hybridized carbons (Fsp3) is 0.636. The molecule has 5 heteroatoms. The summed E-state index contributed by atoms with van der Waals surface area (Å²) in [6.07, 6.45) is 3.90. The summed E-state index contributed by atoms with van der Waals surface area (Å²) in [5.41, 5.74) is 0.960. The number of carbonyl (C=O) groups excluding carboxylic acids is 1. The van der Waals surface area contributed by atoms with Gasteiger partial charge in [-0.1, -0.05) is 11.8 Å². The number of aryl methyl sites for hydroxylation is 1. The molecule has 1 atom stereocenters. The Kier molecular flexibility index (Phi) is 2.73. The molecule has 0 amide bonds. The molecule has 3 heterocycles. The normalized spacial score (nSPS) is 25.5. The SMILES string of the molecule is O=C1CCNCC1c1cn2c(n1)SCCC2. The summed E-state index contributed by atoms with van der Waals surface area (Å²) < 4.78 is 2.19. The standard InChI is InChI=1S/C11H15N3OS/c15-10-2-3-12-6-8(10)9-7-14-4-1-5-16-11(14)13-9/h7-8,12H,1-6H2. The van der Waals surface area contributed by atoms with Crippen molar-refractivity contribution in [2.45, 2.75) is 30.5 Å². The molecular weight excluding hydrogens is 222 g/mol. The highest BCUT2D eigenvalue weighted by Gasteiger charge is 2.27. The van der Waals surface area contributed by atoms with Crippen molar-refractivity contribution < 1.29 is 4.79 Å². The lowest BCUT2D eigenvalue weighted by molar-refractivity contribution is -0.121. The van der Waals surface area contributed by atoms with Crippen molar-refractivity contribution in [1.82, 2.24) is 14.9 Å². The number of Topliss-reactive ketones (excluding diaryl/α,β-unsaturated/α-hetero) is 1. The number of hydrogen-bond donors (Lipinski definition) is 1. The highest BCUT2D eigenvalue weighted by atomic mass is 32.2. The molecule has 4 nitrogen and oxygen atoms in total. The summed E-state index contributed by atoms with van der Waals surface area (Å²) in [7, 11) is 0. The molecule has 1 N–H and O–H groups in total. The maximum Gasteiger partial charge on any atom is 0.168 e. The minimum absolute atomic E-state index is 0.0209. The minimum Gasteiger partial charge on any atom is -0.326 e. The lowest BCUT2D eigenvalue weighted by Crippen LogP contribution is -2.35. The monoisotopic (exact) mass is 237 g/mol. The third-order valence-corrected chi connectivity index (χ3v) is 4.25. The molecule has 1 fully saturated rings. The van der Waals surface area contributed by atoms with Gasteiger partial charge in [0.15, 0.2) is 5.16 Å². The zero-order valence-corrected chi connectivity index (χ0v) is 9.92. The van der Waals surface area contributed by atoms with Gasteiger partial charge in [-0.2, -0.15) is 0 Å². The average Bonchev–Trinajstić information content (AvgIpc) is 2.73. The number of nitrogens with one attached hydrogen (secondary N) is 1. The third-order valence-electron chi connectivity index (χ3n) is 3.18. The Morgan fingerprint density at radius 3 is 3.31 bits per heavy atom. The molecule has 86 valence electrons. The number of aromatic nitrogens is 2. The fourth-order valence-corrected chi connectivity index (χ4v) is 3.21. The smallest absolute Gasteiger partial charge is 0.168 e. The Balaban J connectivity index is 1.88. The molecule has 0 radical (unpaired) electrons. The van der Waals surface area contributed by atoms with Crippen molar-refractivity contribution in [1.29, 1.82) is 0 Å². The summed E-state index contributed by atoms with van der Waals surface area (Å²) >= 11 is 1.79. The van der Waals surface area contributed by atoms with Crippen LogP contribution in [-0.4, -0.2) is 34.2 Å². The Morgan fingerprint density at radius 1 is 1.56 bits per heavy atom. The Bertz CT molecular complexity index is 392. The summed E-state index contributed by atoms with van der Waals surface area (Å²) in [5, 5.41) is 4.35. The molecule has 1 unspecified atom stereocenters. The number of piperidine rings is 1. The van der Waals surface area contributed by atoms with Crippen LogP contribution in [-0.2, 0) is 11.3 Å². The topological polar surface area (TPSA) is 46.9 Å². The quantitative estimate of drug-likeness (QED) is 0.792. The first kappa shape index (κ1) is 10.4. The van der Waals surface area contributed by atoms with Crippen molar-refractivity contribution in [3.05, 3.63) is 11.9 Å². The molecule has 3 rings (SSSR count). The molecule has 1 aromatic rings. The predicted molar refractivity (Wildman–Crippen MR) is 62.8 cm³/mol. The van der Waals surface area contributed by atoms with E-state index in [2.05, 4.69) is 21.1 Å². The first-order valence-electron chi connectivity index (χ1n) is 5.78. The molecule has 0 saturated carbocycles. The maximum atomic E-state index is 11.8. The van der Waals surface area contributed by atoms with Crippen molar-refractivity contribution >= 4 is 17.5 Å². The van der Waals surface area contributed by atoms with Gasteiger partial charge >= 0.3 is 0 Å². The van der Waals surface area contributed by atoms with E-state index in [0.717, 1.165) is 36.2 Å². The number of nitrogens with zero attached hydrogens (tertiary/aromatic N) is 2. The van der Waals surface area contributed by atoms with Crippen LogP contribution in [0, 0.1) is 0 Å². The van der Waals surface area contributed by atoms with Crippen molar-refractivity contribution in [2.75, 3.05) is 18.8 Å². The van der Waals surface area contributed by atoms with Crippen LogP contribution in [0.5, 0.6) is 0 Å². The van der Waals surface area contributed by atoms with Gasteiger partial charge in [0.1, 0.15) is 5.78 Å². The van der Waals surface area contributed by atoms with E-state index in [1.807, 2.05) is 0 Å². The molecule has 0 bridgehead atoms. The summed E-state index contributed by atoms with van der Waals surface area (Å²) in [6.45, 7) is 2.61. The maximum absolute atomic E-state index is 11.8. The lowest BCUT2D eigenvalue weighted by Gasteiger charge is -2.19. The lowest BCUT2D eigenvalue weighted by atomic mass is 9.95. The first-order valence-corrected chi connectivity index (χ1v) is 6.76. The molecule has 0 spiro atoms. The van der Waals surface area contributed by atoms with Crippen LogP contribution in [0.25, 0.3) is 0 Å². The van der Waals surface area contributed by atoms with Crippen LogP contribution in [0.15, 0.2) is 11.4 Å². The zero-order valence-electron chi connectivity index (χ0n) is 9.11. The van der Waals surface area contributed by atoms with Crippen LogP contribution < -0.4 is 5.32 Å². The number of carbonyl (C=O) groups is 1. The van der Waals surface area contributed by atoms with Gasteiger partial charge in [0.05, 0.1) is 11.6 Å². The van der Waals surface area contributed by atoms with Crippen LogP contribution in [0.3, 0.4) is 0 Å². The van der Waals surface area contributed by atoms with Crippen molar-refractivity contribution in [3.8, 4) is 0 Å². The van der Waals surface area contributed by atoms with E-state index in [9.17, 15) is 4.79 Å². The molecule has 0 aromatic carbocycles. The second-order valence-electron chi connectivity index (χ2n) is 4.32. The van der Waals surface area contributed by atoms with Crippen molar-refractivity contribution in [3.63, 3.8) is 0 Å². The third kappa shape index (κ3) is 1.78. The molecule has 16 heavy (non-hydrogen) atoms. The first-order chi connectivity index (χ1) is 7.84. The van der Waals surface area contributed by atoms with Gasteiger partial charge in [-0.3, -0.25) is 4.79 Å². The fourth-order valence-electron chi connectivity index (χ4n) is 2.28. The number of ketones is 1. The minimum atomic E-state index is -0.0209. The van der Waals surface area contributed by atoms with Gasteiger partial charge in [-0.05, 0) is 6.42 Å². The number of rotatable bonds is 1. The molecular formula is C11H15N3OS. The molecule has 2 aliphatic heterocycles. The van der Waals surface area contributed by atoms with E-state index in [-0.39, 0.29) is 5.92 Å². The predicted octanol–water partition coefficient (Wildman–Crippen LogP) is 1.02. The number of imidazole rings is 1. The van der Waals surface area contributed by atoms with Gasteiger partial charge in [-0.15, -0.1) is 0 Å². The Labute approximate surface area is 98.8 Å². The number of thioether (sulfide) groups is 1. The van der Waals surface area contributed by atoms with Gasteiger partial charge in [0, 0.05) is 38.0 Å². The molecule has 1 aromatic heterocycles. The van der Waals surface area contributed by atoms with E-state index in [1.165, 1.54) is 6.42 Å². The van der Waals surface area contributed by atoms with E-state index in [4.69, 9.17) is 0 Å². The number of hydrogen-bond acceptors (Lipinski definition) is 4. The second-order valence-corrected chi connectivity index (χ2v) is 5.38. The summed E-state index contributed by atoms with van der Waals surface area (Å²) in [5.74, 6) is 1.46. The highest BCUT2D eigenvalue weighted by Crippen LogP contribution is 2.27. The number of fused-ring (bicyclic) bond motifs is 1. The highest BCUT2D eigenvalue weighted by molar-refractivity contribution is 7.99. The van der Waals surface area contributed by atoms with E-state index >= 15 is 0 Å². The van der Waals surface area contributed by atoms with Crippen LogP contribution in [0.1, 0.15) is 24.5 Å². The van der Waals surface area contributed by atoms with Gasteiger partial charge in [0.2, 0.25) is 0 Å². The molecule has 0 aliphatic carbocycles. The van der Waals surface area contributed by atoms with E-state index in [1.54, 1.807) is 11.8 Å². The van der Waals surface area contributed by atoms with E-state index < -0.39 is 0 Å². The summed E-state index contributed by atoms with van der Waals surface area (Å²) in [6, 6.07) is 0. The van der Waals surface area contributed by atoms with Gasteiger partial charge in [0.25, 0.3) is 0 Å². The summed E-state index contributed by atoms with van der Waals surface area (Å²) in [4.78, 5) is 16.4. The van der Waals surface area contributed by atoms with Gasteiger partial charge < -0.3 is 9.88 Å². The largest absolute Gasteiger partial charge is 0.326 e. The molecule has 1 saturated heterocycles. The molecule has 2 aliphatic rings. The van der Waals surface area contributed by atoms with Crippen molar-refractivity contribution in [2.24, 2.45) is 0 Å². The average molecular weight is 237 g/mol. The zero-order chi connectivity index (χ0) is 11.0.